The van der Waals surface area contributed by atoms with Crippen molar-refractivity contribution in [3.63, 3.8) is 0 Å². The Hall–Kier alpha value is -3.55. The molecular weight excluding hydrogens is 388 g/mol. The zero-order valence-corrected chi connectivity index (χ0v) is 17.3. The van der Waals surface area contributed by atoms with E-state index in [4.69, 9.17) is 19.9 Å². The molecule has 0 bridgehead atoms. The Balaban J connectivity index is 2.32. The van der Waals surface area contributed by atoms with E-state index >= 15 is 0 Å². The van der Waals surface area contributed by atoms with Gasteiger partial charge in [0, 0.05) is 11.3 Å². The molecule has 8 nitrogen and oxygen atoms in total. The summed E-state index contributed by atoms with van der Waals surface area (Å²) >= 11 is 0. The van der Waals surface area contributed by atoms with Gasteiger partial charge in [-0.1, -0.05) is 30.9 Å². The average molecular weight is 412 g/mol. The maximum Gasteiger partial charge on any atom is 0.341 e. The molecule has 0 aliphatic carbocycles. The third kappa shape index (κ3) is 3.24. The molecule has 1 unspecified atom stereocenters. The van der Waals surface area contributed by atoms with Gasteiger partial charge in [0.15, 0.2) is 0 Å². The summed E-state index contributed by atoms with van der Waals surface area (Å²) in [5.41, 5.74) is 3.77. The molecule has 1 spiro atoms. The highest BCUT2D eigenvalue weighted by Crippen LogP contribution is 2.52. The van der Waals surface area contributed by atoms with Gasteiger partial charge in [0.05, 0.1) is 0 Å². The van der Waals surface area contributed by atoms with Crippen LogP contribution in [-0.2, 0) is 34.0 Å². The van der Waals surface area contributed by atoms with Crippen LogP contribution >= 0.6 is 0 Å². The molecule has 2 aliphatic heterocycles. The highest BCUT2D eigenvalue weighted by atomic mass is 16.6. The van der Waals surface area contributed by atoms with Gasteiger partial charge in [-0.2, -0.15) is 0 Å². The first kappa shape index (κ1) is 21.2. The van der Waals surface area contributed by atoms with Crippen LogP contribution in [0, 0.1) is 0 Å². The fraction of sp³-hybridized carbons (Fsp3) is 0.318. The quantitative estimate of drug-likeness (QED) is 0.576. The Morgan fingerprint density at radius 2 is 1.90 bits per heavy atom. The van der Waals surface area contributed by atoms with Crippen LogP contribution in [0.25, 0.3) is 0 Å². The van der Waals surface area contributed by atoms with Crippen LogP contribution in [0.5, 0.6) is 0 Å². The number of esters is 2. The lowest BCUT2D eigenvalue weighted by atomic mass is 9.67. The maximum atomic E-state index is 13.4. The van der Waals surface area contributed by atoms with Crippen LogP contribution in [0.15, 0.2) is 59.7 Å². The molecule has 2 heterocycles. The number of amides is 1. The number of anilines is 1. The zero-order valence-electron chi connectivity index (χ0n) is 17.3. The van der Waals surface area contributed by atoms with Crippen molar-refractivity contribution in [2.45, 2.75) is 38.7 Å². The molecule has 30 heavy (non-hydrogen) atoms. The summed E-state index contributed by atoms with van der Waals surface area (Å²) in [6, 6.07) is 6.73. The lowest BCUT2D eigenvalue weighted by molar-refractivity contribution is -0.152. The van der Waals surface area contributed by atoms with E-state index in [1.807, 2.05) is 0 Å². The van der Waals surface area contributed by atoms with Crippen molar-refractivity contribution < 1.29 is 28.6 Å². The third-order valence-corrected chi connectivity index (χ3v) is 4.67. The number of nitrogens with two attached hydrogens (primary N) is 1. The molecule has 1 amide bonds. The molecule has 158 valence electrons. The van der Waals surface area contributed by atoms with E-state index in [2.05, 4.69) is 11.9 Å². The van der Waals surface area contributed by atoms with Crippen LogP contribution in [0.3, 0.4) is 0 Å². The summed E-state index contributed by atoms with van der Waals surface area (Å²) in [7, 11) is 0. The van der Waals surface area contributed by atoms with Gasteiger partial charge in [-0.3, -0.25) is 4.79 Å². The van der Waals surface area contributed by atoms with Gasteiger partial charge >= 0.3 is 11.9 Å². The molecule has 8 heteroatoms. The summed E-state index contributed by atoms with van der Waals surface area (Å²) in [5, 5.41) is 2.73. The van der Waals surface area contributed by atoms with Crippen molar-refractivity contribution in [3.8, 4) is 0 Å². The Morgan fingerprint density at radius 1 is 1.23 bits per heavy atom. The van der Waals surface area contributed by atoms with Crippen molar-refractivity contribution in [2.75, 3.05) is 11.9 Å². The minimum absolute atomic E-state index is 0.0638. The van der Waals surface area contributed by atoms with Crippen molar-refractivity contribution >= 4 is 23.5 Å². The van der Waals surface area contributed by atoms with E-state index in [1.54, 1.807) is 45.0 Å². The van der Waals surface area contributed by atoms with Crippen LogP contribution in [0.1, 0.15) is 33.3 Å². The van der Waals surface area contributed by atoms with Crippen LogP contribution in [0.4, 0.5) is 5.69 Å². The molecule has 1 aromatic rings. The van der Waals surface area contributed by atoms with Crippen molar-refractivity contribution in [1.29, 1.82) is 0 Å². The van der Waals surface area contributed by atoms with E-state index in [0.29, 0.717) is 11.3 Å². The summed E-state index contributed by atoms with van der Waals surface area (Å²) in [5.74, 6) is -2.57. The molecule has 0 radical (unpaired) electrons. The number of carbonyl (C=O) groups is 3. The Kier molecular flexibility index (Phi) is 5.20. The predicted molar refractivity (Wildman–Crippen MR) is 109 cm³/mol. The number of fused-ring (bicyclic) bond motifs is 2. The lowest BCUT2D eigenvalue weighted by Gasteiger charge is -2.36. The van der Waals surface area contributed by atoms with E-state index < -0.39 is 28.9 Å². The number of allylic oxidation sites excluding steroid dienone is 1. The maximum absolute atomic E-state index is 13.4. The second kappa shape index (κ2) is 7.37. The summed E-state index contributed by atoms with van der Waals surface area (Å²) in [6.07, 6.45) is 1.38. The summed E-state index contributed by atoms with van der Waals surface area (Å²) < 4.78 is 16.3. The molecule has 3 rings (SSSR count). The molecule has 0 aromatic heterocycles. The predicted octanol–water partition coefficient (Wildman–Crippen LogP) is 2.42. The van der Waals surface area contributed by atoms with E-state index in [9.17, 15) is 14.4 Å². The Labute approximate surface area is 174 Å². The monoisotopic (exact) mass is 412 g/mol. The molecule has 0 fully saturated rings. The zero-order chi connectivity index (χ0) is 22.3. The minimum Gasteiger partial charge on any atom is -0.458 e. The Morgan fingerprint density at radius 3 is 2.53 bits per heavy atom. The number of para-hydroxylation sites is 1. The lowest BCUT2D eigenvalue weighted by Crippen LogP contribution is -2.49. The molecule has 1 aromatic carbocycles. The number of benzene rings is 1. The second-order valence-electron chi connectivity index (χ2n) is 7.91. The van der Waals surface area contributed by atoms with Gasteiger partial charge in [0.25, 0.3) is 0 Å². The SMILES string of the molecule is C=CCOC(=O)C1=C(N)OC(C)=C(C(=O)OC(C)(C)C)C12C(=O)Nc1ccccc12. The van der Waals surface area contributed by atoms with Crippen LogP contribution in [0.2, 0.25) is 0 Å². The third-order valence-electron chi connectivity index (χ3n) is 4.67. The van der Waals surface area contributed by atoms with Gasteiger partial charge in [0.1, 0.15) is 34.5 Å². The van der Waals surface area contributed by atoms with Gasteiger partial charge in [-0.25, -0.2) is 9.59 Å². The number of hydrogen-bond acceptors (Lipinski definition) is 7. The number of hydrogen-bond donors (Lipinski definition) is 2. The van der Waals surface area contributed by atoms with Gasteiger partial charge in [0.2, 0.25) is 11.8 Å². The normalized spacial score (nSPS) is 20.5. The highest BCUT2D eigenvalue weighted by molar-refractivity contribution is 6.21. The van der Waals surface area contributed by atoms with Gasteiger partial charge in [-0.05, 0) is 33.8 Å². The van der Waals surface area contributed by atoms with E-state index in [-0.39, 0.29) is 29.4 Å². The van der Waals surface area contributed by atoms with Crippen LogP contribution < -0.4 is 11.1 Å². The number of rotatable bonds is 4. The highest BCUT2D eigenvalue weighted by Gasteiger charge is 2.62. The average Bonchev–Trinajstić information content (AvgIpc) is 2.90. The topological polar surface area (TPSA) is 117 Å². The number of nitrogens with one attached hydrogen (secondary N) is 1. The largest absolute Gasteiger partial charge is 0.458 e. The molecule has 2 aliphatic rings. The van der Waals surface area contributed by atoms with Crippen LogP contribution in [-0.4, -0.2) is 30.1 Å². The first-order valence-electron chi connectivity index (χ1n) is 9.35. The fourth-order valence-electron chi connectivity index (χ4n) is 3.68. The van der Waals surface area contributed by atoms with Gasteiger partial charge in [-0.15, -0.1) is 0 Å². The standard InChI is InChI=1S/C22H24N2O6/c1-6-11-28-18(25)16-17(23)29-12(2)15(19(26)30-21(3,4)5)22(16)13-9-7-8-10-14(13)24-20(22)27/h6-10H,1,11,23H2,2-5H3,(H,24,27). The fourth-order valence-corrected chi connectivity index (χ4v) is 3.68. The van der Waals surface area contributed by atoms with Gasteiger partial charge < -0.3 is 25.3 Å². The summed E-state index contributed by atoms with van der Waals surface area (Å²) in [4.78, 5) is 39.7. The second-order valence-corrected chi connectivity index (χ2v) is 7.91. The molecule has 0 saturated carbocycles. The number of ether oxygens (including phenoxy) is 3. The number of carbonyl (C=O) groups excluding carboxylic acids is 3. The smallest absolute Gasteiger partial charge is 0.341 e. The molecule has 1 atom stereocenters. The molecule has 0 saturated heterocycles. The van der Waals surface area contributed by atoms with Crippen molar-refractivity contribution in [1.82, 2.24) is 0 Å². The van der Waals surface area contributed by atoms with Crippen molar-refractivity contribution in [3.05, 3.63) is 65.3 Å². The minimum atomic E-state index is -1.87. The molecule has 3 N–H and O–H groups in total. The van der Waals surface area contributed by atoms with Crippen molar-refractivity contribution in [2.24, 2.45) is 5.73 Å². The summed E-state index contributed by atoms with van der Waals surface area (Å²) in [6.45, 7) is 9.99. The first-order chi connectivity index (χ1) is 14.0. The first-order valence-corrected chi connectivity index (χ1v) is 9.35. The van der Waals surface area contributed by atoms with E-state index in [0.717, 1.165) is 0 Å². The Bertz CT molecular complexity index is 1010. The molecular formula is C22H24N2O6. The van der Waals surface area contributed by atoms with E-state index in [1.165, 1.54) is 13.0 Å².